The lowest BCUT2D eigenvalue weighted by atomic mass is 10.2. The van der Waals surface area contributed by atoms with Gasteiger partial charge in [-0.25, -0.2) is 4.98 Å². The van der Waals surface area contributed by atoms with E-state index in [0.717, 1.165) is 31.1 Å². The second-order valence-corrected chi connectivity index (χ2v) is 3.72. The lowest BCUT2D eigenvalue weighted by Gasteiger charge is -2.07. The summed E-state index contributed by atoms with van der Waals surface area (Å²) in [5, 5.41) is 3.32. The van der Waals surface area contributed by atoms with Crippen LogP contribution in [-0.2, 0) is 0 Å². The lowest BCUT2D eigenvalue weighted by Crippen LogP contribution is -2.04. The second kappa shape index (κ2) is 6.66. The largest absolute Gasteiger partial charge is 0.370 e. The second-order valence-electron chi connectivity index (χ2n) is 3.35. The summed E-state index contributed by atoms with van der Waals surface area (Å²) in [5.41, 5.74) is 1.20. The molecule has 1 aromatic rings. The Morgan fingerprint density at radius 2 is 2.21 bits per heavy atom. The number of nitrogens with zero attached hydrogens (tertiary/aromatic N) is 1. The van der Waals surface area contributed by atoms with E-state index in [1.54, 1.807) is 0 Å². The summed E-state index contributed by atoms with van der Waals surface area (Å²) >= 11 is 5.59. The SMILES string of the molecule is Cc1cccnc1NCCCCCCl. The zero-order valence-corrected chi connectivity index (χ0v) is 9.35. The summed E-state index contributed by atoms with van der Waals surface area (Å²) < 4.78 is 0. The number of aryl methyl sites for hydroxylation is 1. The number of alkyl halides is 1. The van der Waals surface area contributed by atoms with Gasteiger partial charge in [0.2, 0.25) is 0 Å². The minimum atomic E-state index is 0.766. The Morgan fingerprint density at radius 3 is 2.93 bits per heavy atom. The molecule has 78 valence electrons. The van der Waals surface area contributed by atoms with Crippen LogP contribution in [0.15, 0.2) is 18.3 Å². The van der Waals surface area contributed by atoms with Crippen LogP contribution in [0.5, 0.6) is 0 Å². The van der Waals surface area contributed by atoms with E-state index in [2.05, 4.69) is 23.3 Å². The van der Waals surface area contributed by atoms with Crippen molar-refractivity contribution in [1.29, 1.82) is 0 Å². The lowest BCUT2D eigenvalue weighted by molar-refractivity contribution is 0.745. The highest BCUT2D eigenvalue weighted by Gasteiger charge is 1.96. The van der Waals surface area contributed by atoms with Crippen LogP contribution in [0.3, 0.4) is 0 Å². The summed E-state index contributed by atoms with van der Waals surface area (Å²) in [6.45, 7) is 3.04. The van der Waals surface area contributed by atoms with Crippen molar-refractivity contribution in [3.63, 3.8) is 0 Å². The highest BCUT2D eigenvalue weighted by atomic mass is 35.5. The third-order valence-electron chi connectivity index (χ3n) is 2.11. The maximum absolute atomic E-state index is 5.59. The van der Waals surface area contributed by atoms with Crippen molar-refractivity contribution in [3.05, 3.63) is 23.9 Å². The minimum Gasteiger partial charge on any atom is -0.370 e. The molecule has 0 aliphatic carbocycles. The Morgan fingerprint density at radius 1 is 1.36 bits per heavy atom. The first-order chi connectivity index (χ1) is 6.84. The molecule has 0 radical (unpaired) electrons. The zero-order valence-electron chi connectivity index (χ0n) is 8.59. The highest BCUT2D eigenvalue weighted by Crippen LogP contribution is 2.09. The molecule has 0 aliphatic heterocycles. The topological polar surface area (TPSA) is 24.9 Å². The summed E-state index contributed by atoms with van der Waals surface area (Å²) in [6, 6.07) is 4.02. The van der Waals surface area contributed by atoms with Gasteiger partial charge in [-0.05, 0) is 31.4 Å². The zero-order chi connectivity index (χ0) is 10.2. The predicted octanol–water partition coefficient (Wildman–Crippen LogP) is 3.21. The molecule has 0 aliphatic rings. The number of rotatable bonds is 6. The van der Waals surface area contributed by atoms with Gasteiger partial charge in [0.25, 0.3) is 0 Å². The number of hydrogen-bond acceptors (Lipinski definition) is 2. The molecule has 1 aromatic heterocycles. The normalized spacial score (nSPS) is 10.1. The van der Waals surface area contributed by atoms with Crippen LogP contribution in [0.4, 0.5) is 5.82 Å². The molecule has 14 heavy (non-hydrogen) atoms. The van der Waals surface area contributed by atoms with Gasteiger partial charge in [0.1, 0.15) is 5.82 Å². The number of pyridine rings is 1. The van der Waals surface area contributed by atoms with E-state index in [1.807, 2.05) is 12.3 Å². The Balaban J connectivity index is 2.21. The third-order valence-corrected chi connectivity index (χ3v) is 2.38. The molecule has 1 N–H and O–H groups in total. The van der Waals surface area contributed by atoms with E-state index < -0.39 is 0 Å². The monoisotopic (exact) mass is 212 g/mol. The van der Waals surface area contributed by atoms with Crippen LogP contribution in [0.25, 0.3) is 0 Å². The van der Waals surface area contributed by atoms with E-state index in [4.69, 9.17) is 11.6 Å². The average Bonchev–Trinajstić information content (AvgIpc) is 2.20. The van der Waals surface area contributed by atoms with Crippen molar-refractivity contribution < 1.29 is 0 Å². The van der Waals surface area contributed by atoms with Gasteiger partial charge >= 0.3 is 0 Å². The predicted molar refractivity (Wildman–Crippen MR) is 62.0 cm³/mol. The van der Waals surface area contributed by atoms with E-state index in [-0.39, 0.29) is 0 Å². The molecule has 0 atom stereocenters. The molecule has 0 unspecified atom stereocenters. The van der Waals surface area contributed by atoms with Crippen molar-refractivity contribution in [2.45, 2.75) is 26.2 Å². The molecular weight excluding hydrogens is 196 g/mol. The van der Waals surface area contributed by atoms with E-state index in [0.29, 0.717) is 0 Å². The Hall–Kier alpha value is -0.760. The van der Waals surface area contributed by atoms with Gasteiger partial charge in [-0.2, -0.15) is 0 Å². The first-order valence-electron chi connectivity index (χ1n) is 5.06. The number of aromatic nitrogens is 1. The van der Waals surface area contributed by atoms with E-state index in [1.165, 1.54) is 12.0 Å². The van der Waals surface area contributed by atoms with Crippen LogP contribution >= 0.6 is 11.6 Å². The smallest absolute Gasteiger partial charge is 0.128 e. The third kappa shape index (κ3) is 3.97. The summed E-state index contributed by atoms with van der Waals surface area (Å²) in [7, 11) is 0. The van der Waals surface area contributed by atoms with Crippen molar-refractivity contribution in [2.75, 3.05) is 17.7 Å². The minimum absolute atomic E-state index is 0.766. The number of unbranched alkanes of at least 4 members (excludes halogenated alkanes) is 2. The van der Waals surface area contributed by atoms with Gasteiger partial charge in [0.15, 0.2) is 0 Å². The van der Waals surface area contributed by atoms with Gasteiger partial charge in [-0.15, -0.1) is 11.6 Å². The fraction of sp³-hybridized carbons (Fsp3) is 0.545. The Bertz CT molecular complexity index is 263. The van der Waals surface area contributed by atoms with Crippen molar-refractivity contribution in [1.82, 2.24) is 4.98 Å². The van der Waals surface area contributed by atoms with Crippen LogP contribution in [0, 0.1) is 6.92 Å². The highest BCUT2D eigenvalue weighted by molar-refractivity contribution is 6.17. The number of halogens is 1. The molecule has 3 heteroatoms. The first-order valence-corrected chi connectivity index (χ1v) is 5.59. The maximum Gasteiger partial charge on any atom is 0.128 e. The fourth-order valence-electron chi connectivity index (χ4n) is 1.27. The van der Waals surface area contributed by atoms with Gasteiger partial charge in [-0.1, -0.05) is 12.5 Å². The van der Waals surface area contributed by atoms with Gasteiger partial charge < -0.3 is 5.32 Å². The molecule has 1 rings (SSSR count). The summed E-state index contributed by atoms with van der Waals surface area (Å²) in [4.78, 5) is 4.26. The number of hydrogen-bond donors (Lipinski definition) is 1. The van der Waals surface area contributed by atoms with Crippen molar-refractivity contribution in [2.24, 2.45) is 0 Å². The van der Waals surface area contributed by atoms with Crippen LogP contribution in [0.1, 0.15) is 24.8 Å². The first kappa shape index (κ1) is 11.3. The summed E-state index contributed by atoms with van der Waals surface area (Å²) in [6.07, 6.45) is 5.25. The Labute approximate surface area is 90.7 Å². The maximum atomic E-state index is 5.59. The van der Waals surface area contributed by atoms with Crippen LogP contribution in [-0.4, -0.2) is 17.4 Å². The molecular formula is C11H17ClN2. The average molecular weight is 213 g/mol. The molecule has 0 spiro atoms. The molecule has 0 bridgehead atoms. The van der Waals surface area contributed by atoms with Crippen LogP contribution in [0.2, 0.25) is 0 Å². The standard InChI is InChI=1S/C11H17ClN2/c1-10-6-5-9-14-11(10)13-8-4-2-3-7-12/h5-6,9H,2-4,7-8H2,1H3,(H,13,14). The van der Waals surface area contributed by atoms with Crippen LogP contribution < -0.4 is 5.32 Å². The number of anilines is 1. The van der Waals surface area contributed by atoms with E-state index in [9.17, 15) is 0 Å². The number of nitrogens with one attached hydrogen (secondary N) is 1. The van der Waals surface area contributed by atoms with Crippen molar-refractivity contribution in [3.8, 4) is 0 Å². The Kier molecular flexibility index (Phi) is 5.38. The molecule has 0 saturated carbocycles. The molecule has 0 amide bonds. The summed E-state index contributed by atoms with van der Waals surface area (Å²) in [5.74, 6) is 1.76. The van der Waals surface area contributed by atoms with Gasteiger partial charge in [-0.3, -0.25) is 0 Å². The van der Waals surface area contributed by atoms with Gasteiger partial charge in [0, 0.05) is 18.6 Å². The van der Waals surface area contributed by atoms with Crippen molar-refractivity contribution >= 4 is 17.4 Å². The molecule has 1 heterocycles. The van der Waals surface area contributed by atoms with Gasteiger partial charge in [0.05, 0.1) is 0 Å². The molecule has 2 nitrogen and oxygen atoms in total. The molecule has 0 fully saturated rings. The molecule has 0 saturated heterocycles. The van der Waals surface area contributed by atoms with E-state index >= 15 is 0 Å². The quantitative estimate of drug-likeness (QED) is 0.579. The molecule has 0 aromatic carbocycles. The fourth-order valence-corrected chi connectivity index (χ4v) is 1.46.